The zero-order valence-electron chi connectivity index (χ0n) is 8.53. The molecule has 0 heterocycles. The second-order valence-electron chi connectivity index (χ2n) is 2.50. The van der Waals surface area contributed by atoms with Crippen LogP contribution in [0, 0.1) is 17.2 Å². The predicted molar refractivity (Wildman–Crippen MR) is 51.1 cm³/mol. The van der Waals surface area contributed by atoms with Gasteiger partial charge in [-0.15, -0.1) is 0 Å². The Hall–Kier alpha value is -1.50. The molecular formula is C10H15NO3. The van der Waals surface area contributed by atoms with Crippen LogP contribution >= 0.6 is 0 Å². The Bertz CT molecular complexity index is 230. The molecule has 78 valence electrons. The van der Waals surface area contributed by atoms with Crippen molar-refractivity contribution in [2.45, 2.75) is 20.3 Å². The van der Waals surface area contributed by atoms with Gasteiger partial charge in [0.1, 0.15) is 5.92 Å². The molecule has 0 rings (SSSR count). The molecule has 0 saturated heterocycles. The molecule has 0 N–H and O–H groups in total. The van der Waals surface area contributed by atoms with Crippen LogP contribution in [-0.4, -0.2) is 19.2 Å². The quantitative estimate of drug-likeness (QED) is 0.479. The smallest absolute Gasteiger partial charge is 0.323 e. The Balaban J connectivity index is 3.92. The minimum absolute atomic E-state index is 0.298. The Morgan fingerprint density at radius 1 is 1.50 bits per heavy atom. The van der Waals surface area contributed by atoms with Gasteiger partial charge in [-0.3, -0.25) is 4.79 Å². The summed E-state index contributed by atoms with van der Waals surface area (Å²) in [7, 11) is 0. The highest BCUT2D eigenvalue weighted by Gasteiger charge is 2.16. The third kappa shape index (κ3) is 5.20. The Morgan fingerprint density at radius 2 is 2.21 bits per heavy atom. The fourth-order valence-electron chi connectivity index (χ4n) is 0.800. The molecular weight excluding hydrogens is 182 g/mol. The number of hydrogen-bond donors (Lipinski definition) is 0. The molecule has 0 spiro atoms. The van der Waals surface area contributed by atoms with Crippen molar-refractivity contribution < 1.29 is 14.3 Å². The highest BCUT2D eigenvalue weighted by molar-refractivity contribution is 5.75. The molecule has 4 heteroatoms. The lowest BCUT2D eigenvalue weighted by Gasteiger charge is -2.04. The number of ether oxygens (including phenoxy) is 2. The predicted octanol–water partition coefficient (Wildman–Crippen LogP) is 1.63. The topological polar surface area (TPSA) is 59.3 Å². The largest absolute Gasteiger partial charge is 0.502 e. The van der Waals surface area contributed by atoms with E-state index in [0.29, 0.717) is 19.6 Å². The van der Waals surface area contributed by atoms with E-state index in [1.807, 2.05) is 13.0 Å². The second-order valence-corrected chi connectivity index (χ2v) is 2.50. The van der Waals surface area contributed by atoms with E-state index in [1.165, 1.54) is 6.26 Å². The molecule has 0 aliphatic rings. The van der Waals surface area contributed by atoms with Crippen LogP contribution in [0.15, 0.2) is 12.3 Å². The van der Waals surface area contributed by atoms with Gasteiger partial charge in [-0.1, -0.05) is 0 Å². The van der Waals surface area contributed by atoms with Crippen molar-refractivity contribution in [3.63, 3.8) is 0 Å². The molecule has 0 saturated carbocycles. The summed E-state index contributed by atoms with van der Waals surface area (Å²) in [6.45, 7) is 4.44. The average molecular weight is 197 g/mol. The van der Waals surface area contributed by atoms with Gasteiger partial charge in [-0.05, 0) is 26.3 Å². The average Bonchev–Trinajstić information content (AvgIpc) is 2.18. The van der Waals surface area contributed by atoms with E-state index in [9.17, 15) is 4.79 Å². The van der Waals surface area contributed by atoms with Gasteiger partial charge in [0.2, 0.25) is 0 Å². The van der Waals surface area contributed by atoms with Gasteiger partial charge < -0.3 is 9.47 Å². The van der Waals surface area contributed by atoms with Gasteiger partial charge in [0, 0.05) is 0 Å². The lowest BCUT2D eigenvalue weighted by atomic mass is 10.1. The van der Waals surface area contributed by atoms with Gasteiger partial charge in [-0.25, -0.2) is 0 Å². The first kappa shape index (κ1) is 12.5. The number of hydrogen-bond acceptors (Lipinski definition) is 4. The van der Waals surface area contributed by atoms with E-state index >= 15 is 0 Å². The first-order valence-corrected chi connectivity index (χ1v) is 4.59. The van der Waals surface area contributed by atoms with Crippen molar-refractivity contribution in [1.82, 2.24) is 0 Å². The van der Waals surface area contributed by atoms with Crippen molar-refractivity contribution in [3.8, 4) is 6.07 Å². The van der Waals surface area contributed by atoms with E-state index in [0.717, 1.165) is 0 Å². The fourth-order valence-corrected chi connectivity index (χ4v) is 0.800. The van der Waals surface area contributed by atoms with E-state index in [2.05, 4.69) is 0 Å². The molecule has 0 aromatic rings. The summed E-state index contributed by atoms with van der Waals surface area (Å²) in [6, 6.07) is 1.88. The molecule has 14 heavy (non-hydrogen) atoms. The molecule has 0 bridgehead atoms. The normalized spacial score (nSPS) is 12.1. The van der Waals surface area contributed by atoms with Crippen LogP contribution in [-0.2, 0) is 14.3 Å². The molecule has 0 aromatic heterocycles. The number of nitriles is 1. The highest BCUT2D eigenvalue weighted by atomic mass is 16.5. The molecule has 0 aromatic carbocycles. The second kappa shape index (κ2) is 8.11. The van der Waals surface area contributed by atoms with Gasteiger partial charge in [0.25, 0.3) is 0 Å². The minimum atomic E-state index is -0.730. The van der Waals surface area contributed by atoms with Crippen LogP contribution in [0.1, 0.15) is 20.3 Å². The van der Waals surface area contributed by atoms with Crippen LogP contribution in [0.3, 0.4) is 0 Å². The summed E-state index contributed by atoms with van der Waals surface area (Å²) >= 11 is 0. The van der Waals surface area contributed by atoms with E-state index in [-0.39, 0.29) is 0 Å². The third-order valence-corrected chi connectivity index (χ3v) is 1.46. The zero-order valence-corrected chi connectivity index (χ0v) is 8.53. The Labute approximate surface area is 84.1 Å². The van der Waals surface area contributed by atoms with E-state index in [1.54, 1.807) is 13.0 Å². The number of carbonyl (C=O) groups is 1. The van der Waals surface area contributed by atoms with Gasteiger partial charge >= 0.3 is 5.97 Å². The number of allylic oxidation sites excluding steroid dienone is 1. The zero-order chi connectivity index (χ0) is 10.8. The summed E-state index contributed by atoms with van der Waals surface area (Å²) in [4.78, 5) is 11.1. The van der Waals surface area contributed by atoms with Crippen molar-refractivity contribution in [2.75, 3.05) is 13.2 Å². The van der Waals surface area contributed by atoms with Crippen LogP contribution in [0.25, 0.3) is 0 Å². The van der Waals surface area contributed by atoms with Crippen LogP contribution in [0.5, 0.6) is 0 Å². The van der Waals surface area contributed by atoms with Crippen molar-refractivity contribution in [2.24, 2.45) is 5.92 Å². The lowest BCUT2D eigenvalue weighted by Crippen LogP contribution is -2.15. The fraction of sp³-hybridized carbons (Fsp3) is 0.600. The maximum Gasteiger partial charge on any atom is 0.323 e. The summed E-state index contributed by atoms with van der Waals surface area (Å²) in [5, 5.41) is 8.65. The molecule has 1 atom stereocenters. The third-order valence-electron chi connectivity index (χ3n) is 1.46. The molecule has 4 nitrogen and oxygen atoms in total. The molecule has 0 radical (unpaired) electrons. The summed E-state index contributed by atoms with van der Waals surface area (Å²) in [5.74, 6) is -1.21. The van der Waals surface area contributed by atoms with Gasteiger partial charge in [-0.2, -0.15) is 5.26 Å². The van der Waals surface area contributed by atoms with Crippen molar-refractivity contribution in [3.05, 3.63) is 12.3 Å². The monoisotopic (exact) mass is 197 g/mol. The first-order valence-electron chi connectivity index (χ1n) is 4.59. The Kier molecular flexibility index (Phi) is 7.24. The number of carbonyl (C=O) groups excluding carboxylic acids is 1. The molecule has 0 aliphatic carbocycles. The molecule has 0 amide bonds. The van der Waals surface area contributed by atoms with E-state index in [4.69, 9.17) is 14.7 Å². The Morgan fingerprint density at radius 3 is 2.71 bits per heavy atom. The van der Waals surface area contributed by atoms with Crippen molar-refractivity contribution in [1.29, 1.82) is 5.26 Å². The standard InChI is InChI=1S/C10H15NO3/c1-3-13-7-5-6-9(8-11)10(12)14-4-2/h5,7,9H,3-4,6H2,1-2H3/b7-5-. The lowest BCUT2D eigenvalue weighted by molar-refractivity contribution is -0.145. The molecule has 1 unspecified atom stereocenters. The highest BCUT2D eigenvalue weighted by Crippen LogP contribution is 2.05. The van der Waals surface area contributed by atoms with Gasteiger partial charge in [0.05, 0.1) is 25.5 Å². The van der Waals surface area contributed by atoms with Crippen LogP contribution in [0.2, 0.25) is 0 Å². The summed E-state index contributed by atoms with van der Waals surface area (Å²) < 4.78 is 9.64. The van der Waals surface area contributed by atoms with Crippen LogP contribution in [0.4, 0.5) is 0 Å². The molecule has 0 fully saturated rings. The van der Waals surface area contributed by atoms with E-state index < -0.39 is 11.9 Å². The SMILES string of the molecule is CCO/C=C\CC(C#N)C(=O)OCC. The van der Waals surface area contributed by atoms with Crippen LogP contribution < -0.4 is 0 Å². The maximum absolute atomic E-state index is 11.1. The number of esters is 1. The molecule has 0 aliphatic heterocycles. The summed E-state index contributed by atoms with van der Waals surface area (Å²) in [5.41, 5.74) is 0. The number of nitrogens with zero attached hydrogens (tertiary/aromatic N) is 1. The number of rotatable bonds is 6. The first-order chi connectivity index (χ1) is 6.76. The minimum Gasteiger partial charge on any atom is -0.502 e. The summed E-state index contributed by atoms with van der Waals surface area (Å²) in [6.07, 6.45) is 3.47. The van der Waals surface area contributed by atoms with Crippen molar-refractivity contribution >= 4 is 5.97 Å². The maximum atomic E-state index is 11.1. The van der Waals surface area contributed by atoms with Gasteiger partial charge in [0.15, 0.2) is 0 Å².